The van der Waals surface area contributed by atoms with Crippen LogP contribution < -0.4 is 5.73 Å². The Labute approximate surface area is 80.6 Å². The lowest BCUT2D eigenvalue weighted by Gasteiger charge is -1.98. The number of rotatable bonds is 0. The SMILES string of the molecule is Cc1csc2cc(N)c(S)cc12. The van der Waals surface area contributed by atoms with E-state index in [0.717, 1.165) is 10.6 Å². The number of aryl methyl sites for hydroxylation is 1. The molecule has 3 heteroatoms. The van der Waals surface area contributed by atoms with Crippen LogP contribution in [0.4, 0.5) is 5.69 Å². The largest absolute Gasteiger partial charge is 0.398 e. The summed E-state index contributed by atoms with van der Waals surface area (Å²) < 4.78 is 1.24. The van der Waals surface area contributed by atoms with E-state index >= 15 is 0 Å². The Morgan fingerprint density at radius 1 is 1.42 bits per heavy atom. The number of fused-ring (bicyclic) bond motifs is 1. The average molecular weight is 195 g/mol. The van der Waals surface area contributed by atoms with Gasteiger partial charge in [-0.05, 0) is 35.4 Å². The number of hydrogen-bond donors (Lipinski definition) is 2. The maximum Gasteiger partial charge on any atom is 0.0464 e. The molecule has 0 unspecified atom stereocenters. The van der Waals surface area contributed by atoms with Gasteiger partial charge in [-0.1, -0.05) is 0 Å². The van der Waals surface area contributed by atoms with Crippen molar-refractivity contribution in [1.82, 2.24) is 0 Å². The first-order chi connectivity index (χ1) is 5.68. The molecule has 0 fully saturated rings. The molecule has 2 aromatic rings. The maximum absolute atomic E-state index is 5.73. The van der Waals surface area contributed by atoms with Crippen LogP contribution in [-0.2, 0) is 0 Å². The van der Waals surface area contributed by atoms with E-state index in [1.54, 1.807) is 11.3 Å². The van der Waals surface area contributed by atoms with Crippen LogP contribution in [-0.4, -0.2) is 0 Å². The molecule has 1 aromatic carbocycles. The lowest BCUT2D eigenvalue weighted by molar-refractivity contribution is 1.50. The van der Waals surface area contributed by atoms with Gasteiger partial charge >= 0.3 is 0 Å². The van der Waals surface area contributed by atoms with Gasteiger partial charge in [0.15, 0.2) is 0 Å². The molecule has 0 atom stereocenters. The minimum absolute atomic E-state index is 0.757. The third-order valence-corrected chi connectivity index (χ3v) is 3.37. The topological polar surface area (TPSA) is 26.0 Å². The molecular formula is C9H9NS2. The molecule has 0 saturated carbocycles. The summed E-state index contributed by atoms with van der Waals surface area (Å²) in [5.41, 5.74) is 7.78. The molecule has 0 aliphatic carbocycles. The molecule has 2 rings (SSSR count). The van der Waals surface area contributed by atoms with Gasteiger partial charge < -0.3 is 5.73 Å². The summed E-state index contributed by atoms with van der Waals surface area (Å²) in [4.78, 5) is 0.865. The third-order valence-electron chi connectivity index (χ3n) is 1.92. The fourth-order valence-electron chi connectivity index (χ4n) is 1.21. The van der Waals surface area contributed by atoms with Gasteiger partial charge in [-0.15, -0.1) is 24.0 Å². The van der Waals surface area contributed by atoms with Crippen molar-refractivity contribution < 1.29 is 0 Å². The molecule has 12 heavy (non-hydrogen) atoms. The molecule has 0 radical (unpaired) electrons. The summed E-state index contributed by atoms with van der Waals surface area (Å²) in [7, 11) is 0. The highest BCUT2D eigenvalue weighted by Gasteiger charge is 2.02. The van der Waals surface area contributed by atoms with E-state index in [4.69, 9.17) is 5.73 Å². The highest BCUT2D eigenvalue weighted by atomic mass is 32.1. The zero-order chi connectivity index (χ0) is 8.72. The second-order valence-electron chi connectivity index (χ2n) is 2.83. The molecule has 62 valence electrons. The fourth-order valence-corrected chi connectivity index (χ4v) is 2.37. The molecule has 0 aliphatic rings. The van der Waals surface area contributed by atoms with Gasteiger partial charge in [0, 0.05) is 15.3 Å². The zero-order valence-corrected chi connectivity index (χ0v) is 8.38. The quantitative estimate of drug-likeness (QED) is 0.490. The van der Waals surface area contributed by atoms with Crippen molar-refractivity contribution >= 4 is 39.7 Å². The molecule has 1 heterocycles. The van der Waals surface area contributed by atoms with E-state index in [1.807, 2.05) is 12.1 Å². The summed E-state index contributed by atoms with van der Waals surface area (Å²) in [6.07, 6.45) is 0. The Morgan fingerprint density at radius 2 is 2.17 bits per heavy atom. The number of hydrogen-bond acceptors (Lipinski definition) is 3. The van der Waals surface area contributed by atoms with Crippen LogP contribution in [0.2, 0.25) is 0 Å². The average Bonchev–Trinajstić information content (AvgIpc) is 2.35. The first-order valence-corrected chi connectivity index (χ1v) is 4.97. The molecule has 1 aromatic heterocycles. The van der Waals surface area contributed by atoms with Crippen molar-refractivity contribution in [2.75, 3.05) is 5.73 Å². The zero-order valence-electron chi connectivity index (χ0n) is 6.66. The summed E-state index contributed by atoms with van der Waals surface area (Å²) in [6.45, 7) is 2.10. The van der Waals surface area contributed by atoms with Gasteiger partial charge in [-0.3, -0.25) is 0 Å². The molecular weight excluding hydrogens is 186 g/mol. The summed E-state index contributed by atoms with van der Waals surface area (Å²) >= 11 is 6.00. The van der Waals surface area contributed by atoms with E-state index in [1.165, 1.54) is 15.6 Å². The van der Waals surface area contributed by atoms with Gasteiger partial charge in [0.05, 0.1) is 0 Å². The van der Waals surface area contributed by atoms with Crippen molar-refractivity contribution in [2.45, 2.75) is 11.8 Å². The van der Waals surface area contributed by atoms with Crippen molar-refractivity contribution in [3.63, 3.8) is 0 Å². The van der Waals surface area contributed by atoms with Crippen LogP contribution in [0.25, 0.3) is 10.1 Å². The molecule has 2 N–H and O–H groups in total. The predicted octanol–water partition coefficient (Wildman–Crippen LogP) is 3.08. The standard InChI is InChI=1S/C9H9NS2/c1-5-4-12-9-3-7(10)8(11)2-6(5)9/h2-4,11H,10H2,1H3. The van der Waals surface area contributed by atoms with Crippen molar-refractivity contribution in [2.24, 2.45) is 0 Å². The smallest absolute Gasteiger partial charge is 0.0464 e. The summed E-state index contributed by atoms with van der Waals surface area (Å²) in [5.74, 6) is 0. The van der Waals surface area contributed by atoms with Crippen LogP contribution in [0.15, 0.2) is 22.4 Å². The van der Waals surface area contributed by atoms with Crippen molar-refractivity contribution in [3.8, 4) is 0 Å². The van der Waals surface area contributed by atoms with Crippen LogP contribution in [0.3, 0.4) is 0 Å². The van der Waals surface area contributed by atoms with Crippen molar-refractivity contribution in [1.29, 1.82) is 0 Å². The fraction of sp³-hybridized carbons (Fsp3) is 0.111. The minimum atomic E-state index is 0.757. The Morgan fingerprint density at radius 3 is 2.92 bits per heavy atom. The van der Waals surface area contributed by atoms with Crippen LogP contribution >= 0.6 is 24.0 Å². The number of nitrogens with two attached hydrogens (primary N) is 1. The molecule has 0 bridgehead atoms. The van der Waals surface area contributed by atoms with Gasteiger partial charge in [0.1, 0.15) is 0 Å². The van der Waals surface area contributed by atoms with E-state index in [9.17, 15) is 0 Å². The van der Waals surface area contributed by atoms with E-state index in [0.29, 0.717) is 0 Å². The number of nitrogen functional groups attached to an aromatic ring is 1. The van der Waals surface area contributed by atoms with Gasteiger partial charge in [0.2, 0.25) is 0 Å². The Hall–Kier alpha value is -0.670. The number of anilines is 1. The summed E-state index contributed by atoms with van der Waals surface area (Å²) in [6, 6.07) is 4.01. The number of benzene rings is 1. The van der Waals surface area contributed by atoms with Gasteiger partial charge in [-0.25, -0.2) is 0 Å². The van der Waals surface area contributed by atoms with E-state index < -0.39 is 0 Å². The van der Waals surface area contributed by atoms with Crippen molar-refractivity contribution in [3.05, 3.63) is 23.1 Å². The first-order valence-electron chi connectivity index (χ1n) is 3.65. The number of thiol groups is 1. The Bertz CT molecular complexity index is 431. The predicted molar refractivity (Wildman–Crippen MR) is 58.2 cm³/mol. The van der Waals surface area contributed by atoms with E-state index in [2.05, 4.69) is 24.9 Å². The summed E-state index contributed by atoms with van der Waals surface area (Å²) in [5, 5.41) is 3.40. The molecule has 0 spiro atoms. The molecule has 0 aliphatic heterocycles. The maximum atomic E-state index is 5.73. The third kappa shape index (κ3) is 1.09. The molecule has 1 nitrogen and oxygen atoms in total. The molecule has 0 saturated heterocycles. The van der Waals surface area contributed by atoms with Gasteiger partial charge in [-0.2, -0.15) is 0 Å². The van der Waals surface area contributed by atoms with Gasteiger partial charge in [0.25, 0.3) is 0 Å². The lowest BCUT2D eigenvalue weighted by atomic mass is 10.2. The Balaban J connectivity index is 2.87. The first kappa shape index (κ1) is 7.95. The second-order valence-corrected chi connectivity index (χ2v) is 4.22. The molecule has 0 amide bonds. The van der Waals surface area contributed by atoms with Crippen LogP contribution in [0, 0.1) is 6.92 Å². The minimum Gasteiger partial charge on any atom is -0.398 e. The lowest BCUT2D eigenvalue weighted by Crippen LogP contribution is -1.85. The van der Waals surface area contributed by atoms with Crippen LogP contribution in [0.1, 0.15) is 5.56 Å². The monoisotopic (exact) mass is 195 g/mol. The highest BCUT2D eigenvalue weighted by Crippen LogP contribution is 2.30. The van der Waals surface area contributed by atoms with Crippen LogP contribution in [0.5, 0.6) is 0 Å². The highest BCUT2D eigenvalue weighted by molar-refractivity contribution is 7.80. The Kier molecular flexibility index (Phi) is 1.77. The number of thiophene rings is 1. The normalized spacial score (nSPS) is 10.8. The van der Waals surface area contributed by atoms with E-state index in [-0.39, 0.29) is 0 Å². The second kappa shape index (κ2) is 2.68.